The molecule has 2 amide bonds. The van der Waals surface area contributed by atoms with E-state index < -0.39 is 0 Å². The van der Waals surface area contributed by atoms with Crippen molar-refractivity contribution in [3.63, 3.8) is 0 Å². The average molecular weight is 538 g/mol. The molecule has 0 aromatic carbocycles. The maximum Gasteiger partial charge on any atom is 0.407 e. The van der Waals surface area contributed by atoms with Gasteiger partial charge in [-0.05, 0) is 52.7 Å². The number of amides is 2. The Morgan fingerprint density at radius 2 is 1.34 bits per heavy atom. The summed E-state index contributed by atoms with van der Waals surface area (Å²) in [7, 11) is 4.08. The molecule has 0 aromatic heterocycles. The van der Waals surface area contributed by atoms with Crippen LogP contribution in [0, 0.1) is 0 Å². The third-order valence-electron chi connectivity index (χ3n) is 7.93. The Hall–Kier alpha value is -1.30. The summed E-state index contributed by atoms with van der Waals surface area (Å²) in [6.07, 6.45) is 26.8. The van der Waals surface area contributed by atoms with E-state index in [0.717, 1.165) is 51.6 Å². The van der Waals surface area contributed by atoms with Gasteiger partial charge in [-0.1, -0.05) is 103 Å². The highest BCUT2D eigenvalue weighted by molar-refractivity contribution is 5.76. The van der Waals surface area contributed by atoms with E-state index in [9.17, 15) is 9.59 Å². The molecule has 1 aliphatic rings. The first-order valence-electron chi connectivity index (χ1n) is 16.4. The van der Waals surface area contributed by atoms with Crippen molar-refractivity contribution in [3.8, 4) is 0 Å². The van der Waals surface area contributed by atoms with Crippen molar-refractivity contribution < 1.29 is 14.3 Å². The smallest absolute Gasteiger partial charge is 0.407 e. The van der Waals surface area contributed by atoms with Gasteiger partial charge in [0.1, 0.15) is 0 Å². The third kappa shape index (κ3) is 19.7. The van der Waals surface area contributed by atoms with Gasteiger partial charge in [-0.2, -0.15) is 0 Å². The number of nitrogens with one attached hydrogen (secondary N) is 1. The Kier molecular flexibility index (Phi) is 22.6. The van der Waals surface area contributed by atoms with Crippen molar-refractivity contribution >= 4 is 12.0 Å². The summed E-state index contributed by atoms with van der Waals surface area (Å²) in [5, 5.41) is 2.90. The number of hydrogen-bond acceptors (Lipinski definition) is 4. The van der Waals surface area contributed by atoms with Gasteiger partial charge in [0, 0.05) is 32.0 Å². The van der Waals surface area contributed by atoms with E-state index in [1.165, 1.54) is 96.3 Å². The van der Waals surface area contributed by atoms with Gasteiger partial charge >= 0.3 is 6.09 Å². The first-order chi connectivity index (χ1) is 18.5. The van der Waals surface area contributed by atoms with Crippen molar-refractivity contribution in [1.82, 2.24) is 15.1 Å². The van der Waals surface area contributed by atoms with Crippen LogP contribution in [0.25, 0.3) is 0 Å². The zero-order valence-corrected chi connectivity index (χ0v) is 25.6. The van der Waals surface area contributed by atoms with Crippen LogP contribution in [0.2, 0.25) is 0 Å². The van der Waals surface area contributed by atoms with Crippen LogP contribution in [0.3, 0.4) is 0 Å². The minimum atomic E-state index is -0.314. The van der Waals surface area contributed by atoms with Crippen LogP contribution in [0.5, 0.6) is 0 Å². The fraction of sp³-hybridized carbons (Fsp3) is 0.938. The van der Waals surface area contributed by atoms with Gasteiger partial charge in [0.25, 0.3) is 0 Å². The molecular formula is C32H63N3O3. The molecule has 38 heavy (non-hydrogen) atoms. The van der Waals surface area contributed by atoms with E-state index in [4.69, 9.17) is 4.74 Å². The van der Waals surface area contributed by atoms with Crippen LogP contribution in [0.15, 0.2) is 0 Å². The van der Waals surface area contributed by atoms with Gasteiger partial charge < -0.3 is 19.9 Å². The standard InChI is InChI=1S/C32H63N3O3/c1-4-5-6-7-8-9-10-11-12-13-14-15-16-17-18-20-26-33-32(37)38-29-25-30-23-19-21-28-35(30)31(36)24-22-27-34(2)3/h30H,4-29H2,1-3H3,(H,33,37). The summed E-state index contributed by atoms with van der Waals surface area (Å²) in [4.78, 5) is 28.9. The molecule has 0 aliphatic carbocycles. The highest BCUT2D eigenvalue weighted by Gasteiger charge is 2.26. The zero-order valence-electron chi connectivity index (χ0n) is 25.6. The first kappa shape index (κ1) is 34.7. The van der Waals surface area contributed by atoms with Crippen LogP contribution in [-0.2, 0) is 9.53 Å². The quantitative estimate of drug-likeness (QED) is 0.126. The Labute approximate surface area is 236 Å². The molecule has 1 atom stereocenters. The zero-order chi connectivity index (χ0) is 27.7. The Bertz CT molecular complexity index is 570. The number of likely N-dealkylation sites (tertiary alicyclic amines) is 1. The lowest BCUT2D eigenvalue weighted by Gasteiger charge is -2.36. The Morgan fingerprint density at radius 1 is 0.789 bits per heavy atom. The number of carbonyl (C=O) groups excluding carboxylic acids is 2. The molecule has 0 saturated carbocycles. The molecule has 6 nitrogen and oxygen atoms in total. The van der Waals surface area contributed by atoms with Gasteiger partial charge in [-0.15, -0.1) is 0 Å². The summed E-state index contributed by atoms with van der Waals surface area (Å²) >= 11 is 0. The summed E-state index contributed by atoms with van der Waals surface area (Å²) in [6, 6.07) is 0.212. The molecule has 1 rings (SSSR count). The van der Waals surface area contributed by atoms with Crippen LogP contribution >= 0.6 is 0 Å². The molecule has 1 fully saturated rings. The number of alkyl carbamates (subject to hydrolysis) is 1. The summed E-state index contributed by atoms with van der Waals surface area (Å²) in [6.45, 7) is 5.14. The molecule has 1 saturated heterocycles. The van der Waals surface area contributed by atoms with Gasteiger partial charge in [0.15, 0.2) is 0 Å². The third-order valence-corrected chi connectivity index (χ3v) is 7.93. The summed E-state index contributed by atoms with van der Waals surface area (Å²) in [5.41, 5.74) is 0. The molecule has 1 unspecified atom stereocenters. The SMILES string of the molecule is CCCCCCCCCCCCCCCCCCNC(=O)OCCC1CCCCN1C(=O)CCCN(C)C. The van der Waals surface area contributed by atoms with Crippen LogP contribution in [0.1, 0.15) is 148 Å². The number of ether oxygens (including phenoxy) is 1. The average Bonchev–Trinajstić information content (AvgIpc) is 2.90. The topological polar surface area (TPSA) is 61.9 Å². The molecule has 0 aromatic rings. The monoisotopic (exact) mass is 537 g/mol. The van der Waals surface area contributed by atoms with Crippen molar-refractivity contribution in [2.45, 2.75) is 154 Å². The lowest BCUT2D eigenvalue weighted by Crippen LogP contribution is -2.44. The second kappa shape index (κ2) is 24.7. The normalized spacial score (nSPS) is 15.7. The summed E-state index contributed by atoms with van der Waals surface area (Å²) < 4.78 is 5.42. The molecular weight excluding hydrogens is 474 g/mol. The van der Waals surface area contributed by atoms with Crippen LogP contribution in [-0.4, -0.2) is 68.2 Å². The number of nitrogens with zero attached hydrogens (tertiary/aromatic N) is 2. The Balaban J connectivity index is 1.92. The van der Waals surface area contributed by atoms with Crippen LogP contribution < -0.4 is 5.32 Å². The lowest BCUT2D eigenvalue weighted by molar-refractivity contribution is -0.135. The molecule has 1 aliphatic heterocycles. The van der Waals surface area contributed by atoms with Crippen molar-refractivity contribution in [2.75, 3.05) is 40.3 Å². The van der Waals surface area contributed by atoms with Crippen molar-refractivity contribution in [3.05, 3.63) is 0 Å². The second-order valence-electron chi connectivity index (χ2n) is 11.8. The van der Waals surface area contributed by atoms with E-state index >= 15 is 0 Å². The van der Waals surface area contributed by atoms with Gasteiger partial charge in [-0.3, -0.25) is 4.79 Å². The van der Waals surface area contributed by atoms with E-state index in [0.29, 0.717) is 19.6 Å². The number of hydrogen-bond donors (Lipinski definition) is 1. The number of carbonyl (C=O) groups is 2. The largest absolute Gasteiger partial charge is 0.449 e. The number of unbranched alkanes of at least 4 members (excludes halogenated alkanes) is 15. The van der Waals surface area contributed by atoms with Crippen molar-refractivity contribution in [1.29, 1.82) is 0 Å². The minimum Gasteiger partial charge on any atom is -0.449 e. The molecule has 1 N–H and O–H groups in total. The second-order valence-corrected chi connectivity index (χ2v) is 11.8. The molecule has 224 valence electrons. The minimum absolute atomic E-state index is 0.212. The van der Waals surface area contributed by atoms with E-state index in [-0.39, 0.29) is 18.0 Å². The van der Waals surface area contributed by atoms with Gasteiger partial charge in [0.05, 0.1) is 6.61 Å². The molecule has 6 heteroatoms. The highest BCUT2D eigenvalue weighted by atomic mass is 16.5. The van der Waals surface area contributed by atoms with Gasteiger partial charge in [0.2, 0.25) is 5.91 Å². The van der Waals surface area contributed by atoms with E-state index in [2.05, 4.69) is 17.1 Å². The summed E-state index contributed by atoms with van der Waals surface area (Å²) in [5.74, 6) is 0.254. The molecule has 1 heterocycles. The van der Waals surface area contributed by atoms with Crippen LogP contribution in [0.4, 0.5) is 4.79 Å². The highest BCUT2D eigenvalue weighted by Crippen LogP contribution is 2.21. The Morgan fingerprint density at radius 3 is 1.89 bits per heavy atom. The number of rotatable bonds is 24. The fourth-order valence-corrected chi connectivity index (χ4v) is 5.52. The lowest BCUT2D eigenvalue weighted by atomic mass is 9.99. The van der Waals surface area contributed by atoms with Gasteiger partial charge in [-0.25, -0.2) is 4.79 Å². The molecule has 0 bridgehead atoms. The van der Waals surface area contributed by atoms with E-state index in [1.807, 2.05) is 19.0 Å². The predicted molar refractivity (Wildman–Crippen MR) is 161 cm³/mol. The maximum atomic E-state index is 12.7. The number of piperidine rings is 1. The molecule has 0 radical (unpaired) electrons. The first-order valence-corrected chi connectivity index (χ1v) is 16.4. The van der Waals surface area contributed by atoms with Crippen molar-refractivity contribution in [2.24, 2.45) is 0 Å². The fourth-order valence-electron chi connectivity index (χ4n) is 5.52. The maximum absolute atomic E-state index is 12.7. The molecule has 0 spiro atoms. The van der Waals surface area contributed by atoms with E-state index in [1.54, 1.807) is 0 Å². The predicted octanol–water partition coefficient (Wildman–Crippen LogP) is 8.09.